The first-order valence-electron chi connectivity index (χ1n) is 10.0. The van der Waals surface area contributed by atoms with Crippen LogP contribution in [0.15, 0.2) is 40.1 Å². The molecule has 29 heavy (non-hydrogen) atoms. The van der Waals surface area contributed by atoms with Gasteiger partial charge in [-0.25, -0.2) is 9.97 Å². The van der Waals surface area contributed by atoms with Gasteiger partial charge in [-0.15, -0.1) is 11.3 Å². The van der Waals surface area contributed by atoms with Gasteiger partial charge in [-0.3, -0.25) is 9.69 Å². The standard InChI is InChI=1S/C22H26N4O2S/c1-15-7-6-10-26(12-15)13-18-14-29-22(23-18)25-20(27)11-19-16(2)28-21(24-19)17-8-4-3-5-9-17/h3-5,8-9,14-15H,6-7,10-13H2,1-2H3,(H,23,25,27)/t15-/m0/s1. The fraction of sp³-hybridized carbons (Fsp3) is 0.409. The normalized spacial score (nSPS) is 17.4. The van der Waals surface area contributed by atoms with Crippen LogP contribution >= 0.6 is 11.3 Å². The number of nitrogens with zero attached hydrogens (tertiary/aromatic N) is 3. The van der Waals surface area contributed by atoms with Crippen LogP contribution in [0.25, 0.3) is 11.5 Å². The predicted octanol–water partition coefficient (Wildman–Crippen LogP) is 4.52. The summed E-state index contributed by atoms with van der Waals surface area (Å²) in [5.74, 6) is 1.82. The highest BCUT2D eigenvalue weighted by Gasteiger charge is 2.18. The number of carbonyl (C=O) groups excluding carboxylic acids is 1. The summed E-state index contributed by atoms with van der Waals surface area (Å²) in [5, 5.41) is 5.57. The molecule has 1 saturated heterocycles. The van der Waals surface area contributed by atoms with Crippen LogP contribution in [0.3, 0.4) is 0 Å². The van der Waals surface area contributed by atoms with Crippen molar-refractivity contribution >= 4 is 22.4 Å². The topological polar surface area (TPSA) is 71.3 Å². The number of hydrogen-bond acceptors (Lipinski definition) is 6. The van der Waals surface area contributed by atoms with Crippen molar-refractivity contribution < 1.29 is 9.21 Å². The molecular formula is C22H26N4O2S. The first-order valence-corrected chi connectivity index (χ1v) is 10.9. The Morgan fingerprint density at radius 2 is 2.14 bits per heavy atom. The lowest BCUT2D eigenvalue weighted by Crippen LogP contribution is -2.33. The average molecular weight is 411 g/mol. The number of carbonyl (C=O) groups is 1. The van der Waals surface area contributed by atoms with Crippen LogP contribution in [0.5, 0.6) is 0 Å². The van der Waals surface area contributed by atoms with Gasteiger partial charge in [0.1, 0.15) is 5.76 Å². The Labute approximate surface area is 175 Å². The summed E-state index contributed by atoms with van der Waals surface area (Å²) in [6.45, 7) is 7.23. The lowest BCUT2D eigenvalue weighted by Gasteiger charge is -2.30. The number of piperidine rings is 1. The van der Waals surface area contributed by atoms with E-state index in [1.807, 2.05) is 42.6 Å². The Hall–Kier alpha value is -2.51. The molecule has 0 unspecified atom stereocenters. The van der Waals surface area contributed by atoms with Crippen LogP contribution in [0.1, 0.15) is 36.9 Å². The number of aryl methyl sites for hydroxylation is 1. The van der Waals surface area contributed by atoms with Crippen LogP contribution in [0.2, 0.25) is 0 Å². The third kappa shape index (κ3) is 5.10. The second-order valence-corrected chi connectivity index (χ2v) is 8.60. The number of rotatable bonds is 6. The molecule has 2 aromatic heterocycles. The van der Waals surface area contributed by atoms with E-state index in [0.717, 1.165) is 36.8 Å². The first-order chi connectivity index (χ1) is 14.1. The number of aromatic nitrogens is 2. The molecule has 1 amide bonds. The zero-order valence-corrected chi connectivity index (χ0v) is 17.7. The van der Waals surface area contributed by atoms with Crippen molar-refractivity contribution in [2.75, 3.05) is 18.4 Å². The molecule has 4 rings (SSSR count). The molecule has 0 bridgehead atoms. The molecule has 1 aliphatic rings. The smallest absolute Gasteiger partial charge is 0.232 e. The van der Waals surface area contributed by atoms with Crippen molar-refractivity contribution in [1.29, 1.82) is 0 Å². The van der Waals surface area contributed by atoms with Crippen molar-refractivity contribution in [2.45, 2.75) is 39.7 Å². The number of oxazole rings is 1. The molecule has 0 radical (unpaired) electrons. The van der Waals surface area contributed by atoms with Crippen molar-refractivity contribution in [3.05, 3.63) is 52.9 Å². The highest BCUT2D eigenvalue weighted by Crippen LogP contribution is 2.23. The summed E-state index contributed by atoms with van der Waals surface area (Å²) in [7, 11) is 0. The van der Waals surface area contributed by atoms with Crippen molar-refractivity contribution in [2.24, 2.45) is 5.92 Å². The van der Waals surface area contributed by atoms with Gasteiger partial charge in [0.25, 0.3) is 0 Å². The van der Waals surface area contributed by atoms with E-state index in [-0.39, 0.29) is 12.3 Å². The largest absolute Gasteiger partial charge is 0.441 e. The van der Waals surface area contributed by atoms with Gasteiger partial charge in [0.15, 0.2) is 5.13 Å². The van der Waals surface area contributed by atoms with Gasteiger partial charge in [-0.05, 0) is 44.4 Å². The maximum Gasteiger partial charge on any atom is 0.232 e. The Balaban J connectivity index is 1.34. The van der Waals surface area contributed by atoms with E-state index in [9.17, 15) is 4.79 Å². The van der Waals surface area contributed by atoms with Crippen LogP contribution in [-0.2, 0) is 17.8 Å². The number of nitrogens with one attached hydrogen (secondary N) is 1. The molecule has 1 fully saturated rings. The fourth-order valence-electron chi connectivity index (χ4n) is 3.71. The number of hydrogen-bond donors (Lipinski definition) is 1. The molecule has 0 spiro atoms. The number of likely N-dealkylation sites (tertiary alicyclic amines) is 1. The summed E-state index contributed by atoms with van der Waals surface area (Å²) >= 11 is 1.47. The average Bonchev–Trinajstić information content (AvgIpc) is 3.29. The third-order valence-corrected chi connectivity index (χ3v) is 5.97. The van der Waals surface area contributed by atoms with E-state index in [0.29, 0.717) is 22.5 Å². The van der Waals surface area contributed by atoms with Gasteiger partial charge in [0.05, 0.1) is 17.8 Å². The Kier molecular flexibility index (Phi) is 6.06. The lowest BCUT2D eigenvalue weighted by atomic mass is 10.0. The first kappa shape index (κ1) is 19.8. The molecule has 0 saturated carbocycles. The van der Waals surface area contributed by atoms with Gasteiger partial charge in [-0.2, -0.15) is 0 Å². The summed E-state index contributed by atoms with van der Waals surface area (Å²) in [5.41, 5.74) is 2.57. The van der Waals surface area contributed by atoms with Crippen LogP contribution in [-0.4, -0.2) is 33.9 Å². The maximum absolute atomic E-state index is 12.5. The number of thiazole rings is 1. The number of anilines is 1. The molecule has 3 heterocycles. The van der Waals surface area contributed by atoms with E-state index < -0.39 is 0 Å². The highest BCUT2D eigenvalue weighted by molar-refractivity contribution is 7.13. The van der Waals surface area contributed by atoms with Gasteiger partial charge in [-0.1, -0.05) is 25.1 Å². The minimum Gasteiger partial charge on any atom is -0.441 e. The summed E-state index contributed by atoms with van der Waals surface area (Å²) in [4.78, 5) is 24.0. The van der Waals surface area contributed by atoms with E-state index >= 15 is 0 Å². The van der Waals surface area contributed by atoms with Gasteiger partial charge < -0.3 is 9.73 Å². The molecule has 6 nitrogen and oxygen atoms in total. The van der Waals surface area contributed by atoms with E-state index in [2.05, 4.69) is 27.1 Å². The Morgan fingerprint density at radius 1 is 1.31 bits per heavy atom. The lowest BCUT2D eigenvalue weighted by molar-refractivity contribution is -0.115. The zero-order valence-electron chi connectivity index (χ0n) is 16.9. The molecule has 3 aromatic rings. The van der Waals surface area contributed by atoms with Crippen LogP contribution in [0.4, 0.5) is 5.13 Å². The molecule has 7 heteroatoms. The minimum atomic E-state index is -0.131. The summed E-state index contributed by atoms with van der Waals surface area (Å²) < 4.78 is 5.74. The molecule has 1 aliphatic heterocycles. The third-order valence-electron chi connectivity index (χ3n) is 5.17. The predicted molar refractivity (Wildman–Crippen MR) is 115 cm³/mol. The monoisotopic (exact) mass is 410 g/mol. The van der Waals surface area contributed by atoms with Crippen LogP contribution < -0.4 is 5.32 Å². The quantitative estimate of drug-likeness (QED) is 0.647. The number of amides is 1. The molecule has 0 aliphatic carbocycles. The maximum atomic E-state index is 12.5. The summed E-state index contributed by atoms with van der Waals surface area (Å²) in [6, 6.07) is 9.70. The van der Waals surface area contributed by atoms with Gasteiger partial charge in [0.2, 0.25) is 11.8 Å². The molecule has 1 atom stereocenters. The van der Waals surface area contributed by atoms with Crippen molar-refractivity contribution in [1.82, 2.24) is 14.9 Å². The van der Waals surface area contributed by atoms with Crippen molar-refractivity contribution in [3.8, 4) is 11.5 Å². The second kappa shape index (κ2) is 8.88. The Morgan fingerprint density at radius 3 is 2.93 bits per heavy atom. The van der Waals surface area contributed by atoms with E-state index in [1.165, 1.54) is 24.2 Å². The SMILES string of the molecule is Cc1oc(-c2ccccc2)nc1CC(=O)Nc1nc(CN2CCC[C@H](C)C2)cs1. The summed E-state index contributed by atoms with van der Waals surface area (Å²) in [6.07, 6.45) is 2.72. The van der Waals surface area contributed by atoms with Crippen LogP contribution in [0, 0.1) is 12.8 Å². The van der Waals surface area contributed by atoms with E-state index in [4.69, 9.17) is 4.42 Å². The van der Waals surface area contributed by atoms with Crippen molar-refractivity contribution in [3.63, 3.8) is 0 Å². The number of benzene rings is 1. The molecular weight excluding hydrogens is 384 g/mol. The second-order valence-electron chi connectivity index (χ2n) is 7.74. The highest BCUT2D eigenvalue weighted by atomic mass is 32.1. The molecule has 1 N–H and O–H groups in total. The zero-order chi connectivity index (χ0) is 20.2. The Bertz CT molecular complexity index is 966. The fourth-order valence-corrected chi connectivity index (χ4v) is 4.43. The molecule has 152 valence electrons. The minimum absolute atomic E-state index is 0.131. The van der Waals surface area contributed by atoms with Gasteiger partial charge >= 0.3 is 0 Å². The van der Waals surface area contributed by atoms with Gasteiger partial charge in [0, 0.05) is 24.0 Å². The molecule has 1 aromatic carbocycles. The van der Waals surface area contributed by atoms with E-state index in [1.54, 1.807) is 0 Å².